The molecule has 0 atom stereocenters. The number of pyridine rings is 1. The molecule has 7 nitrogen and oxygen atoms in total. The van der Waals surface area contributed by atoms with Crippen LogP contribution in [0.4, 0.5) is 15.3 Å². The Morgan fingerprint density at radius 1 is 1.44 bits per heavy atom. The fraction of sp³-hybridized carbons (Fsp3) is 0.222. The predicted octanol–water partition coefficient (Wildman–Crippen LogP) is 0.864. The van der Waals surface area contributed by atoms with E-state index in [9.17, 15) is 9.59 Å². The first-order valence-corrected chi connectivity index (χ1v) is 4.62. The van der Waals surface area contributed by atoms with Gasteiger partial charge in [-0.25, -0.2) is 20.4 Å². The molecule has 0 aliphatic heterocycles. The molecule has 0 aromatic carbocycles. The topological polar surface area (TPSA) is 92.4 Å². The Labute approximate surface area is 92.2 Å². The van der Waals surface area contributed by atoms with E-state index in [2.05, 4.69) is 25.9 Å². The number of anilines is 1. The van der Waals surface area contributed by atoms with Crippen molar-refractivity contribution in [1.29, 1.82) is 0 Å². The van der Waals surface area contributed by atoms with Crippen LogP contribution in [0.5, 0.6) is 0 Å². The van der Waals surface area contributed by atoms with Crippen LogP contribution >= 0.6 is 0 Å². The lowest BCUT2D eigenvalue weighted by atomic mass is 10.4. The molecule has 1 aromatic rings. The van der Waals surface area contributed by atoms with E-state index >= 15 is 0 Å². The van der Waals surface area contributed by atoms with Gasteiger partial charge in [0.05, 0.1) is 18.5 Å². The third kappa shape index (κ3) is 4.27. The zero-order chi connectivity index (χ0) is 11.8. The minimum absolute atomic E-state index is 0.234. The second-order valence-electron chi connectivity index (χ2n) is 2.67. The molecule has 0 spiro atoms. The number of hydrogen-bond donors (Lipinski definition) is 3. The smallest absolute Gasteiger partial charge is 0.426 e. The highest BCUT2D eigenvalue weighted by Gasteiger charge is 2.03. The summed E-state index contributed by atoms with van der Waals surface area (Å²) in [4.78, 5) is 25.8. The molecule has 86 valence electrons. The summed E-state index contributed by atoms with van der Waals surface area (Å²) in [5, 5.41) is 2.46. The minimum Gasteiger partial charge on any atom is -0.449 e. The summed E-state index contributed by atoms with van der Waals surface area (Å²) >= 11 is 0. The van der Waals surface area contributed by atoms with Crippen LogP contribution in [0.3, 0.4) is 0 Å². The quantitative estimate of drug-likeness (QED) is 0.650. The van der Waals surface area contributed by atoms with Crippen molar-refractivity contribution in [2.24, 2.45) is 0 Å². The molecule has 7 heteroatoms. The normalized spacial score (nSPS) is 9.06. The molecule has 0 bridgehead atoms. The van der Waals surface area contributed by atoms with Gasteiger partial charge < -0.3 is 10.1 Å². The average Bonchev–Trinajstić information content (AvgIpc) is 2.28. The maximum atomic E-state index is 11.2. The van der Waals surface area contributed by atoms with Crippen LogP contribution in [-0.4, -0.2) is 23.7 Å². The van der Waals surface area contributed by atoms with E-state index in [-0.39, 0.29) is 6.61 Å². The van der Waals surface area contributed by atoms with E-state index in [0.29, 0.717) is 5.69 Å². The lowest BCUT2D eigenvalue weighted by Gasteiger charge is -2.08. The summed E-state index contributed by atoms with van der Waals surface area (Å²) in [6.07, 6.45) is 2.34. The van der Waals surface area contributed by atoms with E-state index < -0.39 is 12.1 Å². The molecule has 0 saturated carbocycles. The van der Waals surface area contributed by atoms with Crippen molar-refractivity contribution < 1.29 is 14.3 Å². The number of carbonyl (C=O) groups is 2. The summed E-state index contributed by atoms with van der Waals surface area (Å²) in [6, 6.07) is 2.76. The highest BCUT2D eigenvalue weighted by atomic mass is 16.6. The van der Waals surface area contributed by atoms with Crippen molar-refractivity contribution in [1.82, 2.24) is 15.8 Å². The Hall–Kier alpha value is -2.31. The Balaban J connectivity index is 2.29. The number of rotatable bonds is 2. The van der Waals surface area contributed by atoms with Crippen LogP contribution in [0.25, 0.3) is 0 Å². The van der Waals surface area contributed by atoms with E-state index in [0.717, 1.165) is 0 Å². The monoisotopic (exact) mass is 224 g/mol. The summed E-state index contributed by atoms with van der Waals surface area (Å²) < 4.78 is 4.54. The van der Waals surface area contributed by atoms with Gasteiger partial charge in [-0.05, 0) is 19.1 Å². The molecule has 1 heterocycles. The van der Waals surface area contributed by atoms with Crippen molar-refractivity contribution in [3.63, 3.8) is 0 Å². The number of hydrazine groups is 1. The standard InChI is InChI=1S/C9H12N4O3/c1-2-16-9(15)13-12-8(14)11-7-4-3-5-10-6-7/h3-6H,2H2,1H3,(H,13,15)(H2,11,12,14). The Bertz CT molecular complexity index is 355. The molecular weight excluding hydrogens is 212 g/mol. The van der Waals surface area contributed by atoms with E-state index in [1.165, 1.54) is 6.20 Å². The number of nitrogens with one attached hydrogen (secondary N) is 3. The Morgan fingerprint density at radius 3 is 2.88 bits per heavy atom. The largest absolute Gasteiger partial charge is 0.449 e. The first-order chi connectivity index (χ1) is 7.72. The fourth-order valence-electron chi connectivity index (χ4n) is 0.874. The number of ether oxygens (including phenoxy) is 1. The van der Waals surface area contributed by atoms with Gasteiger partial charge in [0.2, 0.25) is 0 Å². The van der Waals surface area contributed by atoms with Crippen LogP contribution in [0.15, 0.2) is 24.5 Å². The van der Waals surface area contributed by atoms with Gasteiger partial charge in [0.25, 0.3) is 0 Å². The van der Waals surface area contributed by atoms with Crippen LogP contribution in [0.1, 0.15) is 6.92 Å². The molecule has 0 aliphatic carbocycles. The van der Waals surface area contributed by atoms with Crippen molar-refractivity contribution in [3.8, 4) is 0 Å². The predicted molar refractivity (Wildman–Crippen MR) is 56.5 cm³/mol. The second kappa shape index (κ2) is 6.23. The van der Waals surface area contributed by atoms with E-state index in [1.54, 1.807) is 25.3 Å². The lowest BCUT2D eigenvalue weighted by Crippen LogP contribution is -2.44. The molecular formula is C9H12N4O3. The van der Waals surface area contributed by atoms with Crippen LogP contribution in [-0.2, 0) is 4.74 Å². The Kier molecular flexibility index (Phi) is 4.58. The molecule has 0 aliphatic rings. The SMILES string of the molecule is CCOC(=O)NNC(=O)Nc1cccnc1. The zero-order valence-electron chi connectivity index (χ0n) is 8.69. The highest BCUT2D eigenvalue weighted by molar-refractivity contribution is 5.89. The molecule has 0 saturated heterocycles. The second-order valence-corrected chi connectivity index (χ2v) is 2.67. The van der Waals surface area contributed by atoms with Gasteiger partial charge in [0.1, 0.15) is 0 Å². The van der Waals surface area contributed by atoms with Crippen LogP contribution < -0.4 is 16.2 Å². The zero-order valence-corrected chi connectivity index (χ0v) is 8.69. The highest BCUT2D eigenvalue weighted by Crippen LogP contribution is 2.01. The number of urea groups is 1. The van der Waals surface area contributed by atoms with Gasteiger partial charge in [-0.1, -0.05) is 0 Å². The molecule has 0 fully saturated rings. The number of nitrogens with zero attached hydrogens (tertiary/aromatic N) is 1. The van der Waals surface area contributed by atoms with Gasteiger partial charge in [-0.2, -0.15) is 0 Å². The van der Waals surface area contributed by atoms with E-state index in [4.69, 9.17) is 0 Å². The minimum atomic E-state index is -0.719. The molecule has 0 radical (unpaired) electrons. The third-order valence-corrected chi connectivity index (χ3v) is 1.47. The fourth-order valence-corrected chi connectivity index (χ4v) is 0.874. The maximum Gasteiger partial charge on any atom is 0.426 e. The molecule has 0 unspecified atom stereocenters. The third-order valence-electron chi connectivity index (χ3n) is 1.47. The van der Waals surface area contributed by atoms with Gasteiger partial charge in [0, 0.05) is 6.20 Å². The summed E-state index contributed by atoms with van der Waals surface area (Å²) in [7, 11) is 0. The first-order valence-electron chi connectivity index (χ1n) is 4.62. The number of aromatic nitrogens is 1. The number of carbonyl (C=O) groups excluding carboxylic acids is 2. The maximum absolute atomic E-state index is 11.2. The summed E-state index contributed by atoms with van der Waals surface area (Å²) in [5.74, 6) is 0. The van der Waals surface area contributed by atoms with Gasteiger partial charge in [-0.15, -0.1) is 0 Å². The van der Waals surface area contributed by atoms with Crippen molar-refractivity contribution in [3.05, 3.63) is 24.5 Å². The molecule has 3 amide bonds. The molecule has 1 rings (SSSR count). The summed E-state index contributed by atoms with van der Waals surface area (Å²) in [6.45, 7) is 1.90. The number of amides is 3. The van der Waals surface area contributed by atoms with Crippen molar-refractivity contribution in [2.75, 3.05) is 11.9 Å². The van der Waals surface area contributed by atoms with E-state index in [1.807, 2.05) is 0 Å². The van der Waals surface area contributed by atoms with Gasteiger partial charge >= 0.3 is 12.1 Å². The molecule has 1 aromatic heterocycles. The van der Waals surface area contributed by atoms with Gasteiger partial charge in [0.15, 0.2) is 0 Å². The lowest BCUT2D eigenvalue weighted by molar-refractivity contribution is 0.148. The summed E-state index contributed by atoms with van der Waals surface area (Å²) in [5.41, 5.74) is 4.69. The molecule has 16 heavy (non-hydrogen) atoms. The van der Waals surface area contributed by atoms with Crippen molar-refractivity contribution >= 4 is 17.8 Å². The average molecular weight is 224 g/mol. The van der Waals surface area contributed by atoms with Crippen LogP contribution in [0, 0.1) is 0 Å². The van der Waals surface area contributed by atoms with Gasteiger partial charge in [-0.3, -0.25) is 4.98 Å². The Morgan fingerprint density at radius 2 is 2.25 bits per heavy atom. The van der Waals surface area contributed by atoms with Crippen LogP contribution in [0.2, 0.25) is 0 Å². The molecule has 3 N–H and O–H groups in total. The number of hydrogen-bond acceptors (Lipinski definition) is 4. The van der Waals surface area contributed by atoms with Crippen molar-refractivity contribution in [2.45, 2.75) is 6.92 Å². The first kappa shape index (κ1) is 11.8.